The van der Waals surface area contributed by atoms with Gasteiger partial charge in [0.05, 0.1) is 17.4 Å². The number of rotatable bonds is 7. The van der Waals surface area contributed by atoms with Gasteiger partial charge in [0, 0.05) is 17.3 Å². The van der Waals surface area contributed by atoms with Crippen LogP contribution in [-0.2, 0) is 10.0 Å². The number of pyridine rings is 1. The van der Waals surface area contributed by atoms with Crippen molar-refractivity contribution in [2.45, 2.75) is 43.0 Å². The number of nitrogens with one attached hydrogen (secondary N) is 2. The highest BCUT2D eigenvalue weighted by molar-refractivity contribution is 7.92. The monoisotopic (exact) mass is 441 g/mol. The Kier molecular flexibility index (Phi) is 6.92. The van der Waals surface area contributed by atoms with E-state index in [2.05, 4.69) is 15.0 Å². The summed E-state index contributed by atoms with van der Waals surface area (Å²) < 4.78 is 45.1. The third kappa shape index (κ3) is 5.57. The Hall–Kier alpha value is -2.39. The van der Waals surface area contributed by atoms with Gasteiger partial charge in [-0.2, -0.15) is 0 Å². The molecule has 0 unspecified atom stereocenters. The van der Waals surface area contributed by atoms with Crippen molar-refractivity contribution in [3.05, 3.63) is 47.2 Å². The first-order chi connectivity index (χ1) is 13.9. The number of anilines is 1. The Morgan fingerprint density at radius 3 is 2.69 bits per heavy atom. The summed E-state index contributed by atoms with van der Waals surface area (Å²) in [6.45, 7) is -1.19. The third-order valence-corrected chi connectivity index (χ3v) is 6.24. The number of amides is 1. The van der Waals surface area contributed by atoms with Crippen LogP contribution >= 0.6 is 11.6 Å². The van der Waals surface area contributed by atoms with Crippen molar-refractivity contribution in [3.63, 3.8) is 0 Å². The van der Waals surface area contributed by atoms with Crippen LogP contribution in [0.1, 0.15) is 42.5 Å². The number of nitrogens with zero attached hydrogens (tertiary/aromatic N) is 1. The highest BCUT2D eigenvalue weighted by Gasteiger charge is 2.22. The summed E-state index contributed by atoms with van der Waals surface area (Å²) in [7, 11) is -4.16. The molecule has 1 fully saturated rings. The molecular formula is C19H21ClFN3O4S. The second-order valence-electron chi connectivity index (χ2n) is 6.72. The van der Waals surface area contributed by atoms with E-state index in [4.69, 9.17) is 16.3 Å². The fraction of sp³-hybridized carbons (Fsp3) is 0.368. The Morgan fingerprint density at radius 1 is 1.21 bits per heavy atom. The quantitative estimate of drug-likeness (QED) is 0.679. The summed E-state index contributed by atoms with van der Waals surface area (Å²) in [5.41, 5.74) is 0.328. The maximum atomic E-state index is 12.7. The summed E-state index contributed by atoms with van der Waals surface area (Å²) in [5.74, 6) is -0.488. The summed E-state index contributed by atoms with van der Waals surface area (Å²) in [6, 6.07) is 5.32. The predicted octanol–water partition coefficient (Wildman–Crippen LogP) is 3.90. The van der Waals surface area contributed by atoms with E-state index in [-0.39, 0.29) is 38.9 Å². The van der Waals surface area contributed by atoms with Crippen molar-refractivity contribution >= 4 is 33.2 Å². The van der Waals surface area contributed by atoms with Gasteiger partial charge in [-0.1, -0.05) is 30.9 Å². The van der Waals surface area contributed by atoms with Gasteiger partial charge in [-0.05, 0) is 37.1 Å². The van der Waals surface area contributed by atoms with Crippen molar-refractivity contribution in [1.82, 2.24) is 10.3 Å². The van der Waals surface area contributed by atoms with Gasteiger partial charge in [-0.25, -0.2) is 12.8 Å². The van der Waals surface area contributed by atoms with E-state index in [0.717, 1.165) is 31.7 Å². The first-order valence-corrected chi connectivity index (χ1v) is 11.0. The van der Waals surface area contributed by atoms with E-state index in [9.17, 15) is 17.6 Å². The summed E-state index contributed by atoms with van der Waals surface area (Å²) in [4.78, 5) is 16.1. The van der Waals surface area contributed by atoms with Crippen LogP contribution in [-0.4, -0.2) is 32.2 Å². The first-order valence-electron chi connectivity index (χ1n) is 9.16. The van der Waals surface area contributed by atoms with Gasteiger partial charge in [0.2, 0.25) is 6.86 Å². The molecule has 156 valence electrons. The molecule has 1 aromatic carbocycles. The van der Waals surface area contributed by atoms with Crippen LogP contribution in [0.5, 0.6) is 5.75 Å². The Bertz CT molecular complexity index is 981. The minimum Gasteiger partial charge on any atom is -0.461 e. The van der Waals surface area contributed by atoms with Crippen molar-refractivity contribution in [1.29, 1.82) is 0 Å². The molecule has 1 amide bonds. The number of aromatic nitrogens is 1. The van der Waals surface area contributed by atoms with E-state index < -0.39 is 16.9 Å². The molecular weight excluding hydrogens is 421 g/mol. The zero-order valence-electron chi connectivity index (χ0n) is 15.5. The molecule has 0 saturated heterocycles. The Balaban J connectivity index is 1.79. The lowest BCUT2D eigenvalue weighted by Crippen LogP contribution is -2.36. The molecule has 1 aliphatic rings. The van der Waals surface area contributed by atoms with Crippen LogP contribution in [0, 0.1) is 0 Å². The van der Waals surface area contributed by atoms with Gasteiger partial charge in [-0.3, -0.25) is 14.5 Å². The summed E-state index contributed by atoms with van der Waals surface area (Å²) in [5, 5.41) is 3.10. The molecule has 10 heteroatoms. The topological polar surface area (TPSA) is 97.4 Å². The van der Waals surface area contributed by atoms with Crippen molar-refractivity contribution < 1.29 is 22.3 Å². The van der Waals surface area contributed by atoms with Gasteiger partial charge in [0.15, 0.2) is 0 Å². The normalized spacial score (nSPS) is 15.0. The number of alkyl halides is 1. The standard InChI is InChI=1S/C19H21ClFN3O4S/c20-14-6-7-17(28-12-21)18(9-14)29(26,27)24-16-8-13(10-22-11-16)19(25)23-15-4-2-1-3-5-15/h6-11,15,24H,1-5,12H2,(H,23,25). The molecule has 0 atom stereocenters. The maximum Gasteiger partial charge on any atom is 0.265 e. The smallest absolute Gasteiger partial charge is 0.265 e. The average Bonchev–Trinajstić information content (AvgIpc) is 2.70. The largest absolute Gasteiger partial charge is 0.461 e. The van der Waals surface area contributed by atoms with E-state index in [0.29, 0.717) is 0 Å². The highest BCUT2D eigenvalue weighted by atomic mass is 35.5. The highest BCUT2D eigenvalue weighted by Crippen LogP contribution is 2.29. The number of hydrogen-bond acceptors (Lipinski definition) is 5. The van der Waals surface area contributed by atoms with Crippen molar-refractivity contribution in [3.8, 4) is 5.75 Å². The van der Waals surface area contributed by atoms with Crippen LogP contribution in [0.25, 0.3) is 0 Å². The fourth-order valence-electron chi connectivity index (χ4n) is 3.22. The van der Waals surface area contributed by atoms with Gasteiger partial charge in [0.1, 0.15) is 10.6 Å². The molecule has 0 aliphatic heterocycles. The van der Waals surface area contributed by atoms with Crippen molar-refractivity contribution in [2.75, 3.05) is 11.6 Å². The number of carbonyl (C=O) groups excluding carboxylic acids is 1. The zero-order valence-corrected chi connectivity index (χ0v) is 17.1. The first kappa shape index (κ1) is 21.3. The minimum absolute atomic E-state index is 0.0902. The van der Waals surface area contributed by atoms with Gasteiger partial charge >= 0.3 is 0 Å². The molecule has 2 N–H and O–H groups in total. The number of sulfonamides is 1. The summed E-state index contributed by atoms with van der Waals surface area (Å²) >= 11 is 5.88. The average molecular weight is 442 g/mol. The van der Waals surface area contributed by atoms with E-state index in [1.54, 1.807) is 0 Å². The molecule has 1 heterocycles. The van der Waals surface area contributed by atoms with Crippen LogP contribution in [0.4, 0.5) is 10.1 Å². The second kappa shape index (κ2) is 9.41. The second-order valence-corrected chi connectivity index (χ2v) is 8.81. The van der Waals surface area contributed by atoms with Crippen molar-refractivity contribution in [2.24, 2.45) is 0 Å². The minimum atomic E-state index is -4.16. The lowest BCUT2D eigenvalue weighted by atomic mass is 9.95. The van der Waals surface area contributed by atoms with Gasteiger partial charge < -0.3 is 10.1 Å². The van der Waals surface area contributed by atoms with Gasteiger partial charge in [-0.15, -0.1) is 0 Å². The zero-order chi connectivity index (χ0) is 20.9. The lowest BCUT2D eigenvalue weighted by molar-refractivity contribution is 0.0927. The van der Waals surface area contributed by atoms with Gasteiger partial charge in [0.25, 0.3) is 15.9 Å². The summed E-state index contributed by atoms with van der Waals surface area (Å²) in [6.07, 6.45) is 7.82. The molecule has 1 aliphatic carbocycles. The number of hydrogen-bond donors (Lipinski definition) is 2. The van der Waals surface area contributed by atoms with E-state index in [1.807, 2.05) is 0 Å². The number of halogens is 2. The Labute approximate surface area is 173 Å². The lowest BCUT2D eigenvalue weighted by Gasteiger charge is -2.22. The molecule has 0 spiro atoms. The molecule has 1 aromatic heterocycles. The van der Waals surface area contributed by atoms with Crippen LogP contribution in [0.15, 0.2) is 41.6 Å². The van der Waals surface area contributed by atoms with Crippen LogP contribution in [0.2, 0.25) is 5.02 Å². The molecule has 1 saturated carbocycles. The molecule has 7 nitrogen and oxygen atoms in total. The number of carbonyl (C=O) groups is 1. The van der Waals surface area contributed by atoms with Crippen LogP contribution < -0.4 is 14.8 Å². The maximum absolute atomic E-state index is 12.7. The molecule has 2 aromatic rings. The predicted molar refractivity (Wildman–Crippen MR) is 107 cm³/mol. The van der Waals surface area contributed by atoms with E-state index >= 15 is 0 Å². The third-order valence-electron chi connectivity index (χ3n) is 4.60. The fourth-order valence-corrected chi connectivity index (χ4v) is 4.66. The van der Waals surface area contributed by atoms with E-state index in [1.165, 1.54) is 37.0 Å². The molecule has 0 bridgehead atoms. The molecule has 29 heavy (non-hydrogen) atoms. The molecule has 0 radical (unpaired) electrons. The number of benzene rings is 1. The Morgan fingerprint density at radius 2 is 1.97 bits per heavy atom. The SMILES string of the molecule is O=C(NC1CCCCC1)c1cncc(NS(=O)(=O)c2cc(Cl)ccc2OCF)c1. The molecule has 3 rings (SSSR count). The number of ether oxygens (including phenoxy) is 1. The van der Waals surface area contributed by atoms with Crippen LogP contribution in [0.3, 0.4) is 0 Å².